The van der Waals surface area contributed by atoms with E-state index in [0.29, 0.717) is 16.5 Å². The molecule has 1 amide bonds. The number of hydrogen-bond acceptors (Lipinski definition) is 2. The van der Waals surface area contributed by atoms with Crippen LogP contribution < -0.4 is 0 Å². The highest BCUT2D eigenvalue weighted by Gasteiger charge is 2.29. The molecule has 0 radical (unpaired) electrons. The molecule has 1 heterocycles. The van der Waals surface area contributed by atoms with Crippen molar-refractivity contribution in [1.29, 1.82) is 0 Å². The molecule has 4 heteroatoms. The largest absolute Gasteiger partial charge is 0.507 e. The number of phenolic OH excluding ortho intramolecular Hbond substituents is 1. The molecule has 1 atom stereocenters. The molecule has 116 valence electrons. The van der Waals surface area contributed by atoms with Gasteiger partial charge in [0.2, 0.25) is 0 Å². The van der Waals surface area contributed by atoms with Crippen molar-refractivity contribution in [2.45, 2.75) is 40.0 Å². The van der Waals surface area contributed by atoms with Gasteiger partial charge >= 0.3 is 0 Å². The number of amides is 1. The Morgan fingerprint density at radius 3 is 2.62 bits per heavy atom. The lowest BCUT2D eigenvalue weighted by Crippen LogP contribution is -2.32. The van der Waals surface area contributed by atoms with Crippen molar-refractivity contribution in [2.75, 3.05) is 13.1 Å². The first kappa shape index (κ1) is 16.2. The highest BCUT2D eigenvalue weighted by atomic mass is 35.5. The van der Waals surface area contributed by atoms with Gasteiger partial charge in [-0.25, -0.2) is 0 Å². The summed E-state index contributed by atoms with van der Waals surface area (Å²) in [6, 6.07) is 4.67. The minimum absolute atomic E-state index is 0.0379. The Balaban J connectivity index is 2.10. The zero-order valence-corrected chi connectivity index (χ0v) is 13.8. The minimum atomic E-state index is -0.0984. The van der Waals surface area contributed by atoms with Crippen LogP contribution in [0.15, 0.2) is 18.2 Å². The highest BCUT2D eigenvalue weighted by Crippen LogP contribution is 2.34. The molecule has 2 rings (SSSR count). The maximum absolute atomic E-state index is 12.6. The number of hydrogen-bond donors (Lipinski definition) is 1. The number of benzene rings is 1. The quantitative estimate of drug-likeness (QED) is 0.838. The minimum Gasteiger partial charge on any atom is -0.507 e. The molecule has 1 saturated heterocycles. The lowest BCUT2D eigenvalue weighted by atomic mass is 9.77. The Labute approximate surface area is 131 Å². The van der Waals surface area contributed by atoms with E-state index in [1.54, 1.807) is 12.1 Å². The van der Waals surface area contributed by atoms with Crippen molar-refractivity contribution in [3.05, 3.63) is 28.8 Å². The summed E-state index contributed by atoms with van der Waals surface area (Å²) in [5.74, 6) is 0.497. The van der Waals surface area contributed by atoms with Crippen LogP contribution in [-0.4, -0.2) is 29.0 Å². The van der Waals surface area contributed by atoms with Crippen molar-refractivity contribution in [1.82, 2.24) is 4.90 Å². The first-order valence-corrected chi connectivity index (χ1v) is 7.94. The summed E-state index contributed by atoms with van der Waals surface area (Å²) in [6.07, 6.45) is 3.19. The van der Waals surface area contributed by atoms with E-state index in [1.165, 1.54) is 6.07 Å². The molecule has 0 spiro atoms. The zero-order valence-electron chi connectivity index (χ0n) is 13.0. The average Bonchev–Trinajstić information content (AvgIpc) is 2.63. The molecule has 1 fully saturated rings. The van der Waals surface area contributed by atoms with E-state index in [0.717, 1.165) is 32.4 Å². The molecule has 0 saturated carbocycles. The molecule has 0 aliphatic carbocycles. The maximum Gasteiger partial charge on any atom is 0.257 e. The van der Waals surface area contributed by atoms with Gasteiger partial charge in [-0.15, -0.1) is 0 Å². The second kappa shape index (κ2) is 6.27. The molecule has 1 aliphatic rings. The van der Waals surface area contributed by atoms with Gasteiger partial charge < -0.3 is 10.0 Å². The van der Waals surface area contributed by atoms with Crippen LogP contribution in [0.3, 0.4) is 0 Å². The highest BCUT2D eigenvalue weighted by molar-refractivity contribution is 6.30. The van der Waals surface area contributed by atoms with Crippen molar-refractivity contribution < 1.29 is 9.90 Å². The van der Waals surface area contributed by atoms with Gasteiger partial charge in [0.15, 0.2) is 0 Å². The predicted octanol–water partition coefficient (Wildman–Crippen LogP) is 4.33. The third-order valence-corrected chi connectivity index (χ3v) is 4.67. The van der Waals surface area contributed by atoms with Gasteiger partial charge in [0.05, 0.1) is 5.56 Å². The molecular formula is C17H24ClNO2. The topological polar surface area (TPSA) is 40.5 Å². The van der Waals surface area contributed by atoms with Crippen LogP contribution in [0, 0.1) is 11.3 Å². The molecular weight excluding hydrogens is 286 g/mol. The Morgan fingerprint density at radius 1 is 1.29 bits per heavy atom. The van der Waals surface area contributed by atoms with Gasteiger partial charge in [-0.3, -0.25) is 4.79 Å². The number of carbonyl (C=O) groups is 1. The van der Waals surface area contributed by atoms with Crippen LogP contribution in [0.4, 0.5) is 0 Å². The molecule has 1 unspecified atom stereocenters. The van der Waals surface area contributed by atoms with E-state index in [9.17, 15) is 9.90 Å². The maximum atomic E-state index is 12.6. The Kier molecular flexibility index (Phi) is 4.82. The smallest absolute Gasteiger partial charge is 0.257 e. The second-order valence-electron chi connectivity index (χ2n) is 6.95. The predicted molar refractivity (Wildman–Crippen MR) is 85.8 cm³/mol. The molecule has 0 aromatic heterocycles. The number of aromatic hydroxyl groups is 1. The van der Waals surface area contributed by atoms with Crippen LogP contribution in [0.5, 0.6) is 5.75 Å². The first-order valence-electron chi connectivity index (χ1n) is 7.57. The van der Waals surface area contributed by atoms with E-state index in [2.05, 4.69) is 20.8 Å². The molecule has 1 N–H and O–H groups in total. The number of halogens is 1. The van der Waals surface area contributed by atoms with E-state index in [-0.39, 0.29) is 17.1 Å². The fourth-order valence-electron chi connectivity index (χ4n) is 3.02. The monoisotopic (exact) mass is 309 g/mol. The van der Waals surface area contributed by atoms with E-state index < -0.39 is 0 Å². The summed E-state index contributed by atoms with van der Waals surface area (Å²) in [5, 5.41) is 10.3. The summed E-state index contributed by atoms with van der Waals surface area (Å²) in [7, 11) is 0. The van der Waals surface area contributed by atoms with Crippen LogP contribution in [-0.2, 0) is 0 Å². The Bertz CT molecular complexity index is 522. The number of nitrogens with zero attached hydrogens (tertiary/aromatic N) is 1. The lowest BCUT2D eigenvalue weighted by molar-refractivity contribution is 0.0752. The third kappa shape index (κ3) is 3.91. The molecule has 1 aromatic rings. The fraction of sp³-hybridized carbons (Fsp3) is 0.588. The molecule has 21 heavy (non-hydrogen) atoms. The van der Waals surface area contributed by atoms with Crippen molar-refractivity contribution in [2.24, 2.45) is 11.3 Å². The molecule has 1 aromatic carbocycles. The summed E-state index contributed by atoms with van der Waals surface area (Å²) in [4.78, 5) is 14.4. The van der Waals surface area contributed by atoms with E-state index >= 15 is 0 Å². The standard InChI is InChI=1S/C17H24ClNO2/c1-17(2,3)12-5-4-9-19(10-8-12)16(21)14-7-6-13(18)11-15(14)20/h6-7,11-12,20H,4-5,8-10H2,1-3H3. The fourth-order valence-corrected chi connectivity index (χ4v) is 3.19. The molecule has 1 aliphatic heterocycles. The van der Waals surface area contributed by atoms with Crippen molar-refractivity contribution >= 4 is 17.5 Å². The van der Waals surface area contributed by atoms with Gasteiger partial charge in [0.25, 0.3) is 5.91 Å². The summed E-state index contributed by atoms with van der Waals surface area (Å²) in [5.41, 5.74) is 0.621. The van der Waals surface area contributed by atoms with Gasteiger partial charge in [-0.05, 0) is 48.8 Å². The zero-order chi connectivity index (χ0) is 15.6. The van der Waals surface area contributed by atoms with Gasteiger partial charge in [-0.1, -0.05) is 32.4 Å². The van der Waals surface area contributed by atoms with Crippen LogP contribution in [0.1, 0.15) is 50.4 Å². The van der Waals surface area contributed by atoms with Crippen molar-refractivity contribution in [3.63, 3.8) is 0 Å². The summed E-state index contributed by atoms with van der Waals surface area (Å²) < 4.78 is 0. The van der Waals surface area contributed by atoms with E-state index in [4.69, 9.17) is 11.6 Å². The van der Waals surface area contributed by atoms with Crippen LogP contribution >= 0.6 is 11.6 Å². The lowest BCUT2D eigenvalue weighted by Gasteiger charge is -2.29. The number of likely N-dealkylation sites (tertiary alicyclic amines) is 1. The number of phenols is 1. The van der Waals surface area contributed by atoms with E-state index in [1.807, 2.05) is 4.90 Å². The van der Waals surface area contributed by atoms with Crippen LogP contribution in [0.2, 0.25) is 5.02 Å². The molecule has 3 nitrogen and oxygen atoms in total. The van der Waals surface area contributed by atoms with Gasteiger partial charge in [0, 0.05) is 18.1 Å². The third-order valence-electron chi connectivity index (χ3n) is 4.43. The van der Waals surface area contributed by atoms with Crippen molar-refractivity contribution in [3.8, 4) is 5.75 Å². The van der Waals surface area contributed by atoms with Gasteiger partial charge in [-0.2, -0.15) is 0 Å². The Hall–Kier alpha value is -1.22. The summed E-state index contributed by atoms with van der Waals surface area (Å²) >= 11 is 5.82. The normalized spacial score (nSPS) is 20.2. The second-order valence-corrected chi connectivity index (χ2v) is 7.38. The number of rotatable bonds is 1. The van der Waals surface area contributed by atoms with Crippen LogP contribution in [0.25, 0.3) is 0 Å². The molecule has 0 bridgehead atoms. The number of carbonyl (C=O) groups excluding carboxylic acids is 1. The Morgan fingerprint density at radius 2 is 2.00 bits per heavy atom. The summed E-state index contributed by atoms with van der Waals surface area (Å²) in [6.45, 7) is 8.30. The van der Waals surface area contributed by atoms with Gasteiger partial charge in [0.1, 0.15) is 5.75 Å². The SMILES string of the molecule is CC(C)(C)C1CCCN(C(=O)c2ccc(Cl)cc2O)CC1. The average molecular weight is 310 g/mol. The first-order chi connectivity index (χ1) is 9.79.